The molecule has 41 heavy (non-hydrogen) atoms. The molecule has 232 valence electrons. The number of esters is 1. The standard InChI is InChI=1S/C31H50ClN3O6/c1-30(2,3)27(29(38)33-15-9-16-35-17-20-39-21-18-35)34-28(37)23(22-26(36)41-31(4,5)6)10-7-8-19-40-25-13-11-24(32)12-14-25/h11-14,23,27H,7-10,15-22H2,1-6H3,(H,33,38)(H,34,37)/t23-,27-/m1/s1. The molecule has 1 heterocycles. The minimum atomic E-state index is -0.743. The lowest BCUT2D eigenvalue weighted by Gasteiger charge is -2.32. The first kappa shape index (κ1) is 34.8. The van der Waals surface area contributed by atoms with Crippen LogP contribution in [0.2, 0.25) is 5.02 Å². The van der Waals surface area contributed by atoms with Crippen molar-refractivity contribution in [2.75, 3.05) is 46.0 Å². The minimum absolute atomic E-state index is 0.0564. The van der Waals surface area contributed by atoms with E-state index in [1.807, 2.05) is 20.8 Å². The van der Waals surface area contributed by atoms with Gasteiger partial charge in [-0.3, -0.25) is 19.3 Å². The van der Waals surface area contributed by atoms with Crippen LogP contribution in [0.4, 0.5) is 0 Å². The third-order valence-electron chi connectivity index (χ3n) is 6.70. The molecule has 1 fully saturated rings. The Bertz CT molecular complexity index is 952. The van der Waals surface area contributed by atoms with Gasteiger partial charge in [0.15, 0.2) is 0 Å². The molecule has 1 aliphatic rings. The summed E-state index contributed by atoms with van der Waals surface area (Å²) in [7, 11) is 0. The van der Waals surface area contributed by atoms with Crippen molar-refractivity contribution in [3.63, 3.8) is 0 Å². The van der Waals surface area contributed by atoms with Crippen molar-refractivity contribution in [3.05, 3.63) is 29.3 Å². The molecule has 2 atom stereocenters. The van der Waals surface area contributed by atoms with Crippen LogP contribution in [-0.4, -0.2) is 80.3 Å². The number of nitrogens with zero attached hydrogens (tertiary/aromatic N) is 1. The summed E-state index contributed by atoms with van der Waals surface area (Å²) in [5, 5.41) is 6.60. The molecular formula is C31H50ClN3O6. The average Bonchev–Trinajstić information content (AvgIpc) is 2.88. The first-order chi connectivity index (χ1) is 19.2. The van der Waals surface area contributed by atoms with Gasteiger partial charge in [0.2, 0.25) is 11.8 Å². The fourth-order valence-electron chi connectivity index (χ4n) is 4.50. The molecular weight excluding hydrogens is 546 g/mol. The Morgan fingerprint density at radius 2 is 1.63 bits per heavy atom. The van der Waals surface area contributed by atoms with E-state index in [9.17, 15) is 14.4 Å². The second-order valence-electron chi connectivity index (χ2n) is 12.7. The van der Waals surface area contributed by atoms with Gasteiger partial charge < -0.3 is 24.8 Å². The second kappa shape index (κ2) is 16.9. The molecule has 0 radical (unpaired) electrons. The fraction of sp³-hybridized carbons (Fsp3) is 0.710. The van der Waals surface area contributed by atoms with Crippen molar-refractivity contribution in [1.82, 2.24) is 15.5 Å². The lowest BCUT2D eigenvalue weighted by Crippen LogP contribution is -2.55. The number of nitrogens with one attached hydrogen (secondary N) is 2. The van der Waals surface area contributed by atoms with Gasteiger partial charge in [0, 0.05) is 30.6 Å². The van der Waals surface area contributed by atoms with E-state index in [0.29, 0.717) is 37.4 Å². The number of carbonyl (C=O) groups excluding carboxylic acids is 3. The Morgan fingerprint density at radius 1 is 0.976 bits per heavy atom. The van der Waals surface area contributed by atoms with E-state index in [1.165, 1.54) is 0 Å². The van der Waals surface area contributed by atoms with Crippen LogP contribution in [0.1, 0.15) is 73.6 Å². The van der Waals surface area contributed by atoms with E-state index in [1.54, 1.807) is 45.0 Å². The maximum absolute atomic E-state index is 13.5. The number of amides is 2. The van der Waals surface area contributed by atoms with Gasteiger partial charge in [0.25, 0.3) is 0 Å². The molecule has 0 spiro atoms. The normalized spacial score (nSPS) is 16.0. The van der Waals surface area contributed by atoms with E-state index in [0.717, 1.165) is 45.0 Å². The number of unbranched alkanes of at least 4 members (excludes halogenated alkanes) is 1. The number of hydrogen-bond donors (Lipinski definition) is 2. The quantitative estimate of drug-likeness (QED) is 0.225. The molecule has 0 aromatic heterocycles. The molecule has 1 saturated heterocycles. The highest BCUT2D eigenvalue weighted by molar-refractivity contribution is 6.30. The van der Waals surface area contributed by atoms with Gasteiger partial charge in [0.05, 0.1) is 26.2 Å². The van der Waals surface area contributed by atoms with E-state index in [-0.39, 0.29) is 18.2 Å². The van der Waals surface area contributed by atoms with E-state index < -0.39 is 28.9 Å². The van der Waals surface area contributed by atoms with Crippen LogP contribution in [0.3, 0.4) is 0 Å². The lowest BCUT2D eigenvalue weighted by atomic mass is 9.85. The van der Waals surface area contributed by atoms with Crippen LogP contribution >= 0.6 is 11.6 Å². The van der Waals surface area contributed by atoms with Crippen LogP contribution in [0.15, 0.2) is 24.3 Å². The predicted octanol–water partition coefficient (Wildman–Crippen LogP) is 4.61. The van der Waals surface area contributed by atoms with Crippen molar-refractivity contribution in [1.29, 1.82) is 0 Å². The fourth-order valence-corrected chi connectivity index (χ4v) is 4.63. The van der Waals surface area contributed by atoms with Crippen LogP contribution in [0, 0.1) is 11.3 Å². The Balaban J connectivity index is 1.94. The highest BCUT2D eigenvalue weighted by Gasteiger charge is 2.35. The highest BCUT2D eigenvalue weighted by Crippen LogP contribution is 2.23. The Morgan fingerprint density at radius 3 is 2.24 bits per heavy atom. The van der Waals surface area contributed by atoms with Crippen molar-refractivity contribution < 1.29 is 28.6 Å². The second-order valence-corrected chi connectivity index (χ2v) is 13.1. The van der Waals surface area contributed by atoms with E-state index in [4.69, 9.17) is 25.8 Å². The molecule has 10 heteroatoms. The maximum Gasteiger partial charge on any atom is 0.307 e. The van der Waals surface area contributed by atoms with Gasteiger partial charge in [-0.05, 0) is 82.7 Å². The zero-order valence-electron chi connectivity index (χ0n) is 25.7. The minimum Gasteiger partial charge on any atom is -0.494 e. The first-order valence-corrected chi connectivity index (χ1v) is 15.1. The van der Waals surface area contributed by atoms with Crippen molar-refractivity contribution in [3.8, 4) is 5.75 Å². The summed E-state index contributed by atoms with van der Waals surface area (Å²) in [6, 6.07) is 6.41. The maximum atomic E-state index is 13.5. The average molecular weight is 596 g/mol. The molecule has 1 aromatic carbocycles. The van der Waals surface area contributed by atoms with Crippen LogP contribution in [0.5, 0.6) is 5.75 Å². The summed E-state index contributed by atoms with van der Waals surface area (Å²) in [5.41, 5.74) is -1.17. The number of morpholine rings is 1. The highest BCUT2D eigenvalue weighted by atomic mass is 35.5. The molecule has 0 bridgehead atoms. The summed E-state index contributed by atoms with van der Waals surface area (Å²) in [4.78, 5) is 41.7. The zero-order chi connectivity index (χ0) is 30.5. The van der Waals surface area contributed by atoms with Crippen molar-refractivity contribution in [2.45, 2.75) is 85.3 Å². The van der Waals surface area contributed by atoms with Gasteiger partial charge in [0.1, 0.15) is 17.4 Å². The summed E-state index contributed by atoms with van der Waals surface area (Å²) in [6.45, 7) is 16.3. The number of benzene rings is 1. The van der Waals surface area contributed by atoms with Crippen molar-refractivity contribution in [2.24, 2.45) is 11.3 Å². The summed E-state index contributed by atoms with van der Waals surface area (Å²) < 4.78 is 16.7. The molecule has 1 aliphatic heterocycles. The molecule has 2 N–H and O–H groups in total. The molecule has 0 saturated carbocycles. The number of hydrogen-bond acceptors (Lipinski definition) is 7. The van der Waals surface area contributed by atoms with E-state index in [2.05, 4.69) is 15.5 Å². The third kappa shape index (κ3) is 14.4. The topological polar surface area (TPSA) is 106 Å². The summed E-state index contributed by atoms with van der Waals surface area (Å²) in [6.07, 6.45) is 2.59. The van der Waals surface area contributed by atoms with Crippen LogP contribution in [-0.2, 0) is 23.9 Å². The predicted molar refractivity (Wildman–Crippen MR) is 161 cm³/mol. The summed E-state index contributed by atoms with van der Waals surface area (Å²) in [5.74, 6) is -0.881. The largest absolute Gasteiger partial charge is 0.494 e. The number of rotatable bonds is 15. The number of halogens is 1. The molecule has 2 amide bonds. The first-order valence-electron chi connectivity index (χ1n) is 14.7. The zero-order valence-corrected chi connectivity index (χ0v) is 26.5. The third-order valence-corrected chi connectivity index (χ3v) is 6.95. The van der Waals surface area contributed by atoms with Gasteiger partial charge >= 0.3 is 5.97 Å². The Hall–Kier alpha value is -2.36. The number of carbonyl (C=O) groups is 3. The monoisotopic (exact) mass is 595 g/mol. The van der Waals surface area contributed by atoms with Gasteiger partial charge in [-0.1, -0.05) is 32.4 Å². The van der Waals surface area contributed by atoms with Crippen molar-refractivity contribution >= 4 is 29.4 Å². The van der Waals surface area contributed by atoms with Crippen LogP contribution < -0.4 is 15.4 Å². The van der Waals surface area contributed by atoms with Gasteiger partial charge in [-0.2, -0.15) is 0 Å². The SMILES string of the molecule is CC(C)(C)OC(=O)C[C@@H](CCCCOc1ccc(Cl)cc1)C(=O)N[C@H](C(=O)NCCCN1CCOCC1)C(C)(C)C. The van der Waals surface area contributed by atoms with Gasteiger partial charge in [-0.25, -0.2) is 0 Å². The van der Waals surface area contributed by atoms with E-state index >= 15 is 0 Å². The van der Waals surface area contributed by atoms with Gasteiger partial charge in [-0.15, -0.1) is 0 Å². The number of ether oxygens (including phenoxy) is 3. The molecule has 2 rings (SSSR count). The molecule has 0 unspecified atom stereocenters. The Kier molecular flexibility index (Phi) is 14.4. The molecule has 1 aromatic rings. The molecule has 0 aliphatic carbocycles. The smallest absolute Gasteiger partial charge is 0.307 e. The lowest BCUT2D eigenvalue weighted by molar-refractivity contribution is -0.157. The molecule has 9 nitrogen and oxygen atoms in total. The summed E-state index contributed by atoms with van der Waals surface area (Å²) >= 11 is 5.92. The Labute approximate surface area is 251 Å². The van der Waals surface area contributed by atoms with Crippen LogP contribution in [0.25, 0.3) is 0 Å².